The smallest absolute Gasteiger partial charge is 0.223 e. The van der Waals surface area contributed by atoms with Crippen LogP contribution in [-0.4, -0.2) is 39.1 Å². The Bertz CT molecular complexity index is 603. The molecule has 6 nitrogen and oxygen atoms in total. The minimum Gasteiger partial charge on any atom is -0.496 e. The first-order valence-corrected chi connectivity index (χ1v) is 8.99. The van der Waals surface area contributed by atoms with Crippen molar-refractivity contribution in [3.8, 4) is 5.75 Å². The van der Waals surface area contributed by atoms with Crippen LogP contribution in [0, 0.1) is 12.8 Å². The van der Waals surface area contributed by atoms with Crippen molar-refractivity contribution in [2.75, 3.05) is 27.2 Å². The van der Waals surface area contributed by atoms with Crippen LogP contribution >= 0.6 is 24.0 Å². The summed E-state index contributed by atoms with van der Waals surface area (Å²) in [6.45, 7) is 4.15. The van der Waals surface area contributed by atoms with Crippen molar-refractivity contribution in [1.82, 2.24) is 16.0 Å². The lowest BCUT2D eigenvalue weighted by Crippen LogP contribution is -2.39. The lowest BCUT2D eigenvalue weighted by atomic mass is 9.85. The highest BCUT2D eigenvalue weighted by Crippen LogP contribution is 2.26. The number of ether oxygens (including phenoxy) is 1. The van der Waals surface area contributed by atoms with Gasteiger partial charge in [-0.3, -0.25) is 9.79 Å². The molecule has 1 aliphatic carbocycles. The topological polar surface area (TPSA) is 74.8 Å². The van der Waals surface area contributed by atoms with Crippen molar-refractivity contribution in [1.29, 1.82) is 0 Å². The number of carbonyl (C=O) groups excluding carboxylic acids is 1. The zero-order valence-electron chi connectivity index (χ0n) is 15.9. The first kappa shape index (κ1) is 22.5. The average Bonchev–Trinajstić information content (AvgIpc) is 2.56. The van der Waals surface area contributed by atoms with Crippen LogP contribution in [-0.2, 0) is 11.3 Å². The van der Waals surface area contributed by atoms with Gasteiger partial charge in [-0.2, -0.15) is 0 Å². The summed E-state index contributed by atoms with van der Waals surface area (Å²) in [5, 5.41) is 9.55. The number of nitrogens with zero attached hydrogens (tertiary/aromatic N) is 1. The number of benzene rings is 1. The number of aryl methyl sites for hydroxylation is 1. The summed E-state index contributed by atoms with van der Waals surface area (Å²) in [7, 11) is 3.43. The number of rotatable bonds is 8. The van der Waals surface area contributed by atoms with E-state index in [1.54, 1.807) is 14.2 Å². The molecule has 7 heteroatoms. The van der Waals surface area contributed by atoms with Crippen LogP contribution in [0.1, 0.15) is 36.8 Å². The highest BCUT2D eigenvalue weighted by Gasteiger charge is 2.24. The lowest BCUT2D eigenvalue weighted by Gasteiger charge is -2.24. The normalized spacial score (nSPS) is 14.0. The van der Waals surface area contributed by atoms with Crippen molar-refractivity contribution >= 4 is 35.8 Å². The van der Waals surface area contributed by atoms with E-state index in [0.29, 0.717) is 13.1 Å². The zero-order valence-corrected chi connectivity index (χ0v) is 18.3. The number of methoxy groups -OCH3 is 1. The van der Waals surface area contributed by atoms with Crippen LogP contribution in [0.3, 0.4) is 0 Å². The van der Waals surface area contributed by atoms with Gasteiger partial charge in [0.15, 0.2) is 5.96 Å². The molecule has 0 unspecified atom stereocenters. The first-order chi connectivity index (χ1) is 12.1. The highest BCUT2D eigenvalue weighted by atomic mass is 127. The summed E-state index contributed by atoms with van der Waals surface area (Å²) in [5.41, 5.74) is 2.26. The predicted octanol–water partition coefficient (Wildman–Crippen LogP) is 2.59. The minimum atomic E-state index is 0. The van der Waals surface area contributed by atoms with Crippen LogP contribution in [0.15, 0.2) is 23.2 Å². The molecule has 1 amide bonds. The van der Waals surface area contributed by atoms with Gasteiger partial charge in [-0.25, -0.2) is 0 Å². The summed E-state index contributed by atoms with van der Waals surface area (Å²) in [6, 6.07) is 6.16. The van der Waals surface area contributed by atoms with E-state index in [9.17, 15) is 4.79 Å². The van der Waals surface area contributed by atoms with Crippen LogP contribution in [0.25, 0.3) is 0 Å². The number of nitrogens with one attached hydrogen (secondary N) is 3. The third kappa shape index (κ3) is 7.01. The fraction of sp³-hybridized carbons (Fsp3) is 0.579. The van der Waals surface area contributed by atoms with Gasteiger partial charge in [0.25, 0.3) is 0 Å². The molecular weight excluding hydrogens is 443 g/mol. The second-order valence-electron chi connectivity index (χ2n) is 6.44. The molecule has 1 saturated carbocycles. The number of guanidine groups is 1. The highest BCUT2D eigenvalue weighted by molar-refractivity contribution is 14.0. The largest absolute Gasteiger partial charge is 0.496 e. The first-order valence-electron chi connectivity index (χ1n) is 8.99. The number of hydrogen-bond donors (Lipinski definition) is 3. The van der Waals surface area contributed by atoms with E-state index < -0.39 is 0 Å². The Morgan fingerprint density at radius 2 is 1.96 bits per heavy atom. The Morgan fingerprint density at radius 1 is 1.23 bits per heavy atom. The number of hydrogen-bond acceptors (Lipinski definition) is 3. The Hall–Kier alpha value is -1.51. The van der Waals surface area contributed by atoms with E-state index in [0.717, 1.165) is 43.1 Å². The standard InChI is InChI=1S/C19H30N4O2.HI/c1-14-8-9-16(17(12-14)25-3)13-23-19(20-2)22-11-5-10-21-18(24)15-6-4-7-15;/h8-9,12,15H,4-7,10-11,13H2,1-3H3,(H,21,24)(H2,20,22,23);1H. The number of aliphatic imine (C=N–C) groups is 1. The molecule has 26 heavy (non-hydrogen) atoms. The molecule has 0 aromatic heterocycles. The maximum atomic E-state index is 11.7. The van der Waals surface area contributed by atoms with Crippen molar-refractivity contribution in [2.45, 2.75) is 39.2 Å². The van der Waals surface area contributed by atoms with Gasteiger partial charge in [0.2, 0.25) is 5.91 Å². The summed E-state index contributed by atoms with van der Waals surface area (Å²) in [6.07, 6.45) is 4.15. The van der Waals surface area contributed by atoms with Gasteiger partial charge in [-0.1, -0.05) is 18.6 Å². The van der Waals surface area contributed by atoms with E-state index in [1.165, 1.54) is 12.0 Å². The molecule has 1 aromatic carbocycles. The van der Waals surface area contributed by atoms with E-state index in [4.69, 9.17) is 4.74 Å². The quantitative estimate of drug-likeness (QED) is 0.235. The molecule has 3 N–H and O–H groups in total. The van der Waals surface area contributed by atoms with Crippen LogP contribution in [0.5, 0.6) is 5.75 Å². The van der Waals surface area contributed by atoms with Crippen molar-refractivity contribution < 1.29 is 9.53 Å². The van der Waals surface area contributed by atoms with Crippen molar-refractivity contribution in [2.24, 2.45) is 10.9 Å². The van der Waals surface area contributed by atoms with Gasteiger partial charge >= 0.3 is 0 Å². The third-order valence-corrected chi connectivity index (χ3v) is 4.53. The molecule has 146 valence electrons. The second kappa shape index (κ2) is 12.0. The van der Waals surface area contributed by atoms with Gasteiger partial charge in [0.05, 0.1) is 7.11 Å². The van der Waals surface area contributed by atoms with Gasteiger partial charge in [0.1, 0.15) is 5.75 Å². The zero-order chi connectivity index (χ0) is 18.1. The monoisotopic (exact) mass is 474 g/mol. The molecule has 0 atom stereocenters. The minimum absolute atomic E-state index is 0. The molecule has 0 heterocycles. The fourth-order valence-corrected chi connectivity index (χ4v) is 2.72. The number of carbonyl (C=O) groups is 1. The van der Waals surface area contributed by atoms with Gasteiger partial charge < -0.3 is 20.7 Å². The van der Waals surface area contributed by atoms with Crippen LogP contribution in [0.4, 0.5) is 0 Å². The maximum absolute atomic E-state index is 11.7. The summed E-state index contributed by atoms with van der Waals surface area (Å²) < 4.78 is 5.42. The molecule has 0 aliphatic heterocycles. The molecule has 0 radical (unpaired) electrons. The SMILES string of the molecule is CN=C(NCCCNC(=O)C1CCC1)NCc1ccc(C)cc1OC.I. The van der Waals surface area contributed by atoms with Gasteiger partial charge in [0, 0.05) is 38.2 Å². The van der Waals surface area contributed by atoms with Crippen molar-refractivity contribution in [3.63, 3.8) is 0 Å². The summed E-state index contributed by atoms with van der Waals surface area (Å²) in [5.74, 6) is 2.08. The maximum Gasteiger partial charge on any atom is 0.223 e. The summed E-state index contributed by atoms with van der Waals surface area (Å²) >= 11 is 0. The lowest BCUT2D eigenvalue weighted by molar-refractivity contribution is -0.127. The van der Waals surface area contributed by atoms with E-state index >= 15 is 0 Å². The number of halogens is 1. The van der Waals surface area contributed by atoms with E-state index in [-0.39, 0.29) is 35.8 Å². The molecule has 1 fully saturated rings. The molecule has 0 saturated heterocycles. The Kier molecular flexibility index (Phi) is 10.4. The Morgan fingerprint density at radius 3 is 2.58 bits per heavy atom. The van der Waals surface area contributed by atoms with Crippen LogP contribution < -0.4 is 20.7 Å². The molecular formula is C19H31IN4O2. The molecule has 0 spiro atoms. The van der Waals surface area contributed by atoms with Gasteiger partial charge in [-0.05, 0) is 37.8 Å². The van der Waals surface area contributed by atoms with E-state index in [2.05, 4.69) is 33.1 Å². The van der Waals surface area contributed by atoms with E-state index in [1.807, 2.05) is 13.0 Å². The Balaban J connectivity index is 0.00000338. The molecule has 1 aromatic rings. The average molecular weight is 474 g/mol. The second-order valence-corrected chi connectivity index (χ2v) is 6.44. The fourth-order valence-electron chi connectivity index (χ4n) is 2.72. The predicted molar refractivity (Wildman–Crippen MR) is 116 cm³/mol. The van der Waals surface area contributed by atoms with Crippen molar-refractivity contribution in [3.05, 3.63) is 29.3 Å². The number of amides is 1. The molecule has 1 aliphatic rings. The van der Waals surface area contributed by atoms with Crippen LogP contribution in [0.2, 0.25) is 0 Å². The third-order valence-electron chi connectivity index (χ3n) is 4.53. The summed E-state index contributed by atoms with van der Waals surface area (Å²) in [4.78, 5) is 16.0. The molecule has 2 rings (SSSR count). The van der Waals surface area contributed by atoms with Gasteiger partial charge in [-0.15, -0.1) is 24.0 Å². The molecule has 0 bridgehead atoms. The Labute approximate surface area is 173 Å².